The number of benzene rings is 4. The molecule has 0 N–H and O–H groups in total. The highest BCUT2D eigenvalue weighted by Gasteiger charge is 2.30. The second-order valence-electron chi connectivity index (χ2n) is 10.3. The summed E-state index contributed by atoms with van der Waals surface area (Å²) in [7, 11) is 0. The number of allylic oxidation sites excluding steroid dienone is 5. The van der Waals surface area contributed by atoms with Crippen molar-refractivity contribution >= 4 is 38.1 Å². The van der Waals surface area contributed by atoms with Crippen molar-refractivity contribution in [2.75, 3.05) is 0 Å². The fourth-order valence-corrected chi connectivity index (χ4v) is 7.92. The van der Waals surface area contributed by atoms with Crippen molar-refractivity contribution in [2.45, 2.75) is 25.2 Å². The lowest BCUT2D eigenvalue weighted by Crippen LogP contribution is -2.12. The van der Waals surface area contributed by atoms with Crippen molar-refractivity contribution in [3.8, 4) is 11.1 Å². The molecule has 1 unspecified atom stereocenters. The van der Waals surface area contributed by atoms with Crippen LogP contribution in [0.2, 0.25) is 0 Å². The Kier molecular flexibility index (Phi) is 4.75. The second kappa shape index (κ2) is 8.30. The molecule has 1 atom stereocenters. The highest BCUT2D eigenvalue weighted by Crippen LogP contribution is 2.51. The van der Waals surface area contributed by atoms with Crippen LogP contribution in [0.25, 0.3) is 37.9 Å². The van der Waals surface area contributed by atoms with E-state index in [0.717, 1.165) is 19.3 Å². The largest absolute Gasteiger partial charge is 0.135 e. The molecule has 1 aromatic heterocycles. The molecule has 8 rings (SSSR count). The van der Waals surface area contributed by atoms with E-state index in [1.54, 1.807) is 0 Å². The molecule has 1 heteroatoms. The predicted molar refractivity (Wildman–Crippen MR) is 159 cm³/mol. The average Bonchev–Trinajstić information content (AvgIpc) is 3.36. The van der Waals surface area contributed by atoms with Crippen molar-refractivity contribution in [2.24, 2.45) is 0 Å². The molecule has 0 fully saturated rings. The number of thiophene rings is 1. The molecule has 0 radical (unpaired) electrons. The lowest BCUT2D eigenvalue weighted by atomic mass is 9.71. The lowest BCUT2D eigenvalue weighted by molar-refractivity contribution is 0.871. The van der Waals surface area contributed by atoms with E-state index < -0.39 is 0 Å². The van der Waals surface area contributed by atoms with Crippen LogP contribution in [0.5, 0.6) is 0 Å². The van der Waals surface area contributed by atoms with E-state index in [1.165, 1.54) is 70.6 Å². The van der Waals surface area contributed by atoms with Gasteiger partial charge in [-0.1, -0.05) is 103 Å². The highest BCUT2D eigenvalue weighted by atomic mass is 32.1. The molecule has 5 aromatic rings. The van der Waals surface area contributed by atoms with Gasteiger partial charge in [-0.05, 0) is 92.4 Å². The van der Waals surface area contributed by atoms with Crippen LogP contribution in [-0.2, 0) is 6.42 Å². The quantitative estimate of drug-likeness (QED) is 0.231. The number of hydrogen-bond acceptors (Lipinski definition) is 1. The molecule has 0 saturated carbocycles. The molecule has 37 heavy (non-hydrogen) atoms. The van der Waals surface area contributed by atoms with Gasteiger partial charge in [-0.2, -0.15) is 0 Å². The smallest absolute Gasteiger partial charge is 0.0390 e. The zero-order valence-electron chi connectivity index (χ0n) is 20.6. The van der Waals surface area contributed by atoms with Crippen molar-refractivity contribution in [1.29, 1.82) is 0 Å². The maximum absolute atomic E-state index is 2.46. The Morgan fingerprint density at radius 2 is 1.46 bits per heavy atom. The van der Waals surface area contributed by atoms with Gasteiger partial charge >= 0.3 is 0 Å². The molecule has 1 heterocycles. The van der Waals surface area contributed by atoms with E-state index in [2.05, 4.69) is 115 Å². The van der Waals surface area contributed by atoms with Crippen LogP contribution in [0.15, 0.2) is 115 Å². The normalized spacial score (nSPS) is 17.6. The molecule has 0 amide bonds. The maximum Gasteiger partial charge on any atom is 0.0390 e. The topological polar surface area (TPSA) is 0 Å². The van der Waals surface area contributed by atoms with Crippen molar-refractivity contribution in [3.05, 3.63) is 148 Å². The van der Waals surface area contributed by atoms with Crippen molar-refractivity contribution in [1.82, 2.24) is 0 Å². The van der Waals surface area contributed by atoms with Gasteiger partial charge in [0.2, 0.25) is 0 Å². The number of aryl methyl sites for hydroxylation is 1. The zero-order valence-corrected chi connectivity index (χ0v) is 21.4. The molecule has 4 aromatic carbocycles. The molecule has 0 saturated heterocycles. The van der Waals surface area contributed by atoms with E-state index in [0.29, 0.717) is 5.92 Å². The number of hydrogen-bond donors (Lipinski definition) is 0. The third kappa shape index (κ3) is 3.27. The first-order valence-corrected chi connectivity index (χ1v) is 14.1. The highest BCUT2D eigenvalue weighted by molar-refractivity contribution is 7.20. The Balaban J connectivity index is 1.21. The maximum atomic E-state index is 2.46. The van der Waals surface area contributed by atoms with E-state index in [1.807, 2.05) is 11.3 Å². The first-order chi connectivity index (χ1) is 18.3. The van der Waals surface area contributed by atoms with Crippen molar-refractivity contribution in [3.63, 3.8) is 0 Å². The predicted octanol–water partition coefficient (Wildman–Crippen LogP) is 9.91. The Hall–Kier alpha value is -3.94. The Bertz CT molecular complexity index is 1810. The van der Waals surface area contributed by atoms with E-state index in [9.17, 15) is 0 Å². The first-order valence-electron chi connectivity index (χ1n) is 13.3. The van der Waals surface area contributed by atoms with Crippen LogP contribution in [0.1, 0.15) is 51.5 Å². The third-order valence-corrected chi connectivity index (χ3v) is 9.56. The fourth-order valence-electron chi connectivity index (χ4n) is 6.61. The third-order valence-electron chi connectivity index (χ3n) is 8.32. The summed E-state index contributed by atoms with van der Waals surface area (Å²) in [5.41, 5.74) is 14.0. The summed E-state index contributed by atoms with van der Waals surface area (Å²) in [5.74, 6) is 0.431. The summed E-state index contributed by atoms with van der Waals surface area (Å²) in [6, 6.07) is 36.0. The van der Waals surface area contributed by atoms with Gasteiger partial charge in [0.25, 0.3) is 0 Å². The molecule has 3 aliphatic rings. The SMILES string of the molecule is C1=C(c2cccc(C3=CCCc4c3sc3ccccc43)c2)C=C2c3ccccc3-c3ccccc3C2C1. The first kappa shape index (κ1) is 21.2. The molecule has 3 aliphatic carbocycles. The summed E-state index contributed by atoms with van der Waals surface area (Å²) in [4.78, 5) is 1.46. The van der Waals surface area contributed by atoms with Gasteiger partial charge in [0.1, 0.15) is 0 Å². The minimum atomic E-state index is 0.431. The molecular formula is C36H26S. The van der Waals surface area contributed by atoms with Gasteiger partial charge in [-0.3, -0.25) is 0 Å². The Labute approximate surface area is 221 Å². The summed E-state index contributed by atoms with van der Waals surface area (Å²) >= 11 is 1.95. The van der Waals surface area contributed by atoms with Crippen LogP contribution in [0.4, 0.5) is 0 Å². The summed E-state index contributed by atoms with van der Waals surface area (Å²) in [6.07, 6.45) is 10.7. The van der Waals surface area contributed by atoms with Crippen LogP contribution >= 0.6 is 11.3 Å². The molecular weight excluding hydrogens is 464 g/mol. The van der Waals surface area contributed by atoms with Gasteiger partial charge in [-0.15, -0.1) is 11.3 Å². The number of rotatable bonds is 2. The van der Waals surface area contributed by atoms with Crippen LogP contribution < -0.4 is 0 Å². The standard InChI is InChI=1S/C36H26S/c1-2-13-29-27(11-1)28-12-3-4-14-30(28)34-22-24(19-20-31(29)34)23-9-7-10-25(21-23)26-16-8-17-33-32-15-5-6-18-35(32)37-36(26)33/h1-7,9-16,18-19,21-22,31H,8,17,20H2. The van der Waals surface area contributed by atoms with E-state index >= 15 is 0 Å². The van der Waals surface area contributed by atoms with Crippen LogP contribution in [-0.4, -0.2) is 0 Å². The molecule has 0 spiro atoms. The lowest BCUT2D eigenvalue weighted by Gasteiger charge is -2.33. The monoisotopic (exact) mass is 490 g/mol. The van der Waals surface area contributed by atoms with Gasteiger partial charge < -0.3 is 0 Å². The zero-order chi connectivity index (χ0) is 24.3. The van der Waals surface area contributed by atoms with Gasteiger partial charge in [0.05, 0.1) is 0 Å². The minimum Gasteiger partial charge on any atom is -0.135 e. The Morgan fingerprint density at radius 3 is 2.41 bits per heavy atom. The molecule has 0 aliphatic heterocycles. The molecule has 0 nitrogen and oxygen atoms in total. The van der Waals surface area contributed by atoms with Gasteiger partial charge in [0, 0.05) is 15.5 Å². The minimum absolute atomic E-state index is 0.431. The summed E-state index contributed by atoms with van der Waals surface area (Å²) < 4.78 is 1.40. The fraction of sp³-hybridized carbons (Fsp3) is 0.111. The van der Waals surface area contributed by atoms with Gasteiger partial charge in [-0.25, -0.2) is 0 Å². The average molecular weight is 491 g/mol. The van der Waals surface area contributed by atoms with Crippen LogP contribution in [0.3, 0.4) is 0 Å². The molecule has 176 valence electrons. The summed E-state index contributed by atoms with van der Waals surface area (Å²) in [5, 5.41) is 1.44. The number of fused-ring (bicyclic) bond motifs is 9. The van der Waals surface area contributed by atoms with E-state index in [-0.39, 0.29) is 0 Å². The van der Waals surface area contributed by atoms with Gasteiger partial charge in [0.15, 0.2) is 0 Å². The van der Waals surface area contributed by atoms with E-state index in [4.69, 9.17) is 0 Å². The van der Waals surface area contributed by atoms with Crippen LogP contribution in [0, 0.1) is 0 Å². The second-order valence-corrected chi connectivity index (χ2v) is 11.4. The molecule has 0 bridgehead atoms. The Morgan fingerprint density at radius 1 is 0.676 bits per heavy atom. The summed E-state index contributed by atoms with van der Waals surface area (Å²) in [6.45, 7) is 0. The van der Waals surface area contributed by atoms with Crippen molar-refractivity contribution < 1.29 is 0 Å².